The lowest BCUT2D eigenvalue weighted by Gasteiger charge is -2.28. The average Bonchev–Trinajstić information content (AvgIpc) is 2.67. The topological polar surface area (TPSA) is 0 Å². The summed E-state index contributed by atoms with van der Waals surface area (Å²) in [7, 11) is 55.3. The molecule has 0 aromatic heterocycles. The fourth-order valence-electron chi connectivity index (χ4n) is 3.13. The molecule has 0 aliphatic carbocycles. The van der Waals surface area contributed by atoms with Crippen molar-refractivity contribution in [3.05, 3.63) is 30.3 Å². The molecular formula is C18H5B9. The second-order valence-corrected chi connectivity index (χ2v) is 6.21. The molecule has 0 saturated heterocycles. The Morgan fingerprint density at radius 2 is 0.630 bits per heavy atom. The van der Waals surface area contributed by atoms with Crippen LogP contribution in [0, 0.1) is 0 Å². The van der Waals surface area contributed by atoms with Gasteiger partial charge in [-0.2, -0.15) is 0 Å². The Kier molecular flexibility index (Phi) is 5.43. The van der Waals surface area contributed by atoms with Gasteiger partial charge in [0.25, 0.3) is 0 Å². The molecule has 0 fully saturated rings. The molecule has 0 bridgehead atoms. The molecule has 0 spiro atoms. The van der Waals surface area contributed by atoms with E-state index in [4.69, 9.17) is 70.6 Å². The fourth-order valence-corrected chi connectivity index (χ4v) is 3.13. The van der Waals surface area contributed by atoms with E-state index in [1.165, 1.54) is 0 Å². The first-order chi connectivity index (χ1) is 12.7. The molecule has 104 valence electrons. The van der Waals surface area contributed by atoms with Gasteiger partial charge in [0.05, 0.1) is 0 Å². The summed E-state index contributed by atoms with van der Waals surface area (Å²) in [6.45, 7) is 0. The van der Waals surface area contributed by atoms with E-state index in [2.05, 4.69) is 0 Å². The van der Waals surface area contributed by atoms with Gasteiger partial charge in [-0.3, -0.25) is 0 Å². The standard InChI is InChI=1S/C18H5B9/c19-10-7(6-4-2-1-3-5-6)11(20)13(22)8(12(10)21)9-14(23)16(25)18(27)17(26)15(9)24/h1-5H. The van der Waals surface area contributed by atoms with Crippen molar-refractivity contribution in [2.75, 3.05) is 0 Å². The molecule has 0 unspecified atom stereocenters. The van der Waals surface area contributed by atoms with Crippen molar-refractivity contribution in [3.63, 3.8) is 0 Å². The zero-order valence-electron chi connectivity index (χ0n) is 14.6. The van der Waals surface area contributed by atoms with Crippen LogP contribution in [0.15, 0.2) is 30.3 Å². The largest absolute Gasteiger partial charge is 0.113 e. The van der Waals surface area contributed by atoms with Gasteiger partial charge in [-0.1, -0.05) is 63.1 Å². The van der Waals surface area contributed by atoms with Gasteiger partial charge in [-0.15, -0.1) is 16.4 Å². The number of rotatable bonds is 2. The summed E-state index contributed by atoms with van der Waals surface area (Å²) in [5.74, 6) is 0. The van der Waals surface area contributed by atoms with E-state index in [-0.39, 0.29) is 60.3 Å². The second-order valence-electron chi connectivity index (χ2n) is 6.21. The first-order valence-electron chi connectivity index (χ1n) is 8.01. The monoisotopic (exact) mass is 320 g/mol. The molecule has 0 aliphatic rings. The van der Waals surface area contributed by atoms with Crippen LogP contribution in [0.4, 0.5) is 0 Å². The summed E-state index contributed by atoms with van der Waals surface area (Å²) in [5, 5.41) is 0. The van der Waals surface area contributed by atoms with Crippen molar-refractivity contribution in [2.45, 2.75) is 0 Å². The number of hydrogen-bond donors (Lipinski definition) is 0. The highest BCUT2D eigenvalue weighted by Crippen LogP contribution is 2.15. The van der Waals surface area contributed by atoms with Crippen LogP contribution >= 0.6 is 0 Å². The highest BCUT2D eigenvalue weighted by atomic mass is 14.2. The van der Waals surface area contributed by atoms with Crippen LogP contribution in [0.25, 0.3) is 22.3 Å². The third kappa shape index (κ3) is 3.10. The maximum atomic E-state index is 6.31. The quantitative estimate of drug-likeness (QED) is 0.413. The lowest BCUT2D eigenvalue weighted by atomic mass is 9.56. The molecule has 0 amide bonds. The summed E-state index contributed by atoms with van der Waals surface area (Å²) in [4.78, 5) is 0. The van der Waals surface area contributed by atoms with Crippen molar-refractivity contribution >= 4 is 120 Å². The highest BCUT2D eigenvalue weighted by Gasteiger charge is 2.19. The Hall–Kier alpha value is -1.76. The van der Waals surface area contributed by atoms with E-state index in [1.807, 2.05) is 30.3 Å². The predicted molar refractivity (Wildman–Crippen MR) is 126 cm³/mol. The van der Waals surface area contributed by atoms with Gasteiger partial charge in [0, 0.05) is 0 Å². The summed E-state index contributed by atoms with van der Waals surface area (Å²) < 4.78 is 0. The van der Waals surface area contributed by atoms with Crippen LogP contribution < -0.4 is 49.2 Å². The van der Waals surface area contributed by atoms with Gasteiger partial charge in [0.2, 0.25) is 0 Å². The maximum absolute atomic E-state index is 6.31. The van der Waals surface area contributed by atoms with Crippen molar-refractivity contribution in [2.24, 2.45) is 0 Å². The Morgan fingerprint density at radius 1 is 0.333 bits per heavy atom. The molecule has 3 aromatic carbocycles. The number of benzene rings is 3. The minimum Gasteiger partial charge on any atom is -0.112 e. The van der Waals surface area contributed by atoms with Crippen LogP contribution in [-0.2, 0) is 0 Å². The van der Waals surface area contributed by atoms with Gasteiger partial charge < -0.3 is 0 Å². The third-order valence-electron chi connectivity index (χ3n) is 4.67. The SMILES string of the molecule is [B]c1c([B])c([B])c(-c2c([B])c([B])c(-c3ccccc3)c([B])c2[B])c([B])c1[B]. The molecule has 0 aliphatic heterocycles. The molecule has 0 nitrogen and oxygen atoms in total. The van der Waals surface area contributed by atoms with Crippen molar-refractivity contribution in [3.8, 4) is 22.3 Å². The van der Waals surface area contributed by atoms with E-state index in [0.717, 1.165) is 5.56 Å². The van der Waals surface area contributed by atoms with E-state index in [9.17, 15) is 0 Å². The average molecular weight is 319 g/mol. The molecule has 0 heterocycles. The summed E-state index contributed by atoms with van der Waals surface area (Å²) in [6.07, 6.45) is 0. The smallest absolute Gasteiger partial charge is 0.112 e. The van der Waals surface area contributed by atoms with Crippen LogP contribution in [0.1, 0.15) is 0 Å². The molecule has 18 radical (unpaired) electrons. The lowest BCUT2D eigenvalue weighted by molar-refractivity contribution is 1.69. The zero-order chi connectivity index (χ0) is 20.0. The van der Waals surface area contributed by atoms with E-state index in [0.29, 0.717) is 5.56 Å². The molecule has 27 heavy (non-hydrogen) atoms. The van der Waals surface area contributed by atoms with Gasteiger partial charge in [0.1, 0.15) is 70.6 Å². The van der Waals surface area contributed by atoms with Gasteiger partial charge >= 0.3 is 0 Å². The van der Waals surface area contributed by atoms with Crippen molar-refractivity contribution < 1.29 is 0 Å². The molecule has 0 N–H and O–H groups in total. The highest BCUT2D eigenvalue weighted by molar-refractivity contribution is 6.70. The Balaban J connectivity index is 2.42. The third-order valence-corrected chi connectivity index (χ3v) is 4.67. The van der Waals surface area contributed by atoms with Gasteiger partial charge in [0.15, 0.2) is 0 Å². The van der Waals surface area contributed by atoms with Crippen LogP contribution in [0.5, 0.6) is 0 Å². The minimum atomic E-state index is 0.0831. The fraction of sp³-hybridized carbons (Fsp3) is 0. The second kappa shape index (κ2) is 7.34. The molecular weight excluding hydrogens is 314 g/mol. The maximum Gasteiger partial charge on any atom is 0.113 e. The first-order valence-corrected chi connectivity index (χ1v) is 8.01. The number of hydrogen-bond acceptors (Lipinski definition) is 0. The Labute approximate surface area is 172 Å². The van der Waals surface area contributed by atoms with Crippen LogP contribution in [0.2, 0.25) is 0 Å². The molecule has 9 heteroatoms. The Bertz CT molecular complexity index is 1000. The predicted octanol–water partition coefficient (Wildman–Crippen LogP) is -5.84. The summed E-state index contributed by atoms with van der Waals surface area (Å²) in [5.41, 5.74) is 3.12. The molecule has 0 atom stereocenters. The van der Waals surface area contributed by atoms with Gasteiger partial charge in [-0.05, 0) is 22.3 Å². The summed E-state index contributed by atoms with van der Waals surface area (Å²) in [6, 6.07) is 9.28. The lowest BCUT2D eigenvalue weighted by Crippen LogP contribution is -2.57. The Morgan fingerprint density at radius 3 is 1.04 bits per heavy atom. The first kappa shape index (κ1) is 20.0. The van der Waals surface area contributed by atoms with E-state index in [1.54, 1.807) is 0 Å². The van der Waals surface area contributed by atoms with E-state index < -0.39 is 0 Å². The minimum absolute atomic E-state index is 0.0831. The van der Waals surface area contributed by atoms with Crippen LogP contribution in [0.3, 0.4) is 0 Å². The molecule has 3 aromatic rings. The molecule has 3 rings (SSSR count). The van der Waals surface area contributed by atoms with Gasteiger partial charge in [-0.25, -0.2) is 0 Å². The normalized spacial score (nSPS) is 10.8. The zero-order valence-corrected chi connectivity index (χ0v) is 14.6. The molecule has 0 saturated carbocycles. The van der Waals surface area contributed by atoms with E-state index >= 15 is 0 Å². The summed E-state index contributed by atoms with van der Waals surface area (Å²) >= 11 is 0. The van der Waals surface area contributed by atoms with Crippen molar-refractivity contribution in [1.82, 2.24) is 0 Å². The van der Waals surface area contributed by atoms with Crippen molar-refractivity contribution in [1.29, 1.82) is 0 Å². The van der Waals surface area contributed by atoms with Crippen LogP contribution in [-0.4, -0.2) is 70.6 Å².